The highest BCUT2D eigenvalue weighted by molar-refractivity contribution is 7.98. The molecule has 5 nitrogen and oxygen atoms in total. The third-order valence-corrected chi connectivity index (χ3v) is 3.64. The van der Waals surface area contributed by atoms with Crippen molar-refractivity contribution in [3.8, 4) is 0 Å². The predicted molar refractivity (Wildman–Crippen MR) is 72.0 cm³/mol. The van der Waals surface area contributed by atoms with Gasteiger partial charge in [0.15, 0.2) is 0 Å². The van der Waals surface area contributed by atoms with Crippen LogP contribution in [0.4, 0.5) is 0 Å². The maximum Gasteiger partial charge on any atom is 0.255 e. The normalized spacial score (nSPS) is 15.4. The van der Waals surface area contributed by atoms with Gasteiger partial charge in [-0.2, -0.15) is 0 Å². The van der Waals surface area contributed by atoms with E-state index >= 15 is 0 Å². The molecule has 6 heteroatoms. The Hall–Kier alpha value is -1.82. The topological polar surface area (TPSA) is 66.5 Å². The summed E-state index contributed by atoms with van der Waals surface area (Å²) in [4.78, 5) is 37.2. The van der Waals surface area contributed by atoms with E-state index in [-0.39, 0.29) is 19.0 Å². The van der Waals surface area contributed by atoms with Crippen molar-refractivity contribution in [3.63, 3.8) is 0 Å². The van der Waals surface area contributed by atoms with Crippen LogP contribution in [0.5, 0.6) is 0 Å². The number of amides is 3. The molecule has 0 atom stereocenters. The Morgan fingerprint density at radius 2 is 1.89 bits per heavy atom. The zero-order valence-electron chi connectivity index (χ0n) is 10.7. The molecule has 19 heavy (non-hydrogen) atoms. The fraction of sp³-hybridized carbons (Fsp3) is 0.308. The molecule has 0 bridgehead atoms. The van der Waals surface area contributed by atoms with Gasteiger partial charge in [-0.25, -0.2) is 0 Å². The number of rotatable bonds is 2. The zero-order valence-corrected chi connectivity index (χ0v) is 11.5. The van der Waals surface area contributed by atoms with E-state index < -0.39 is 11.8 Å². The molecular formula is C13H14N2O3S. The lowest BCUT2D eigenvalue weighted by atomic mass is 10.1. The van der Waals surface area contributed by atoms with E-state index in [1.54, 1.807) is 6.07 Å². The molecule has 0 aliphatic carbocycles. The van der Waals surface area contributed by atoms with Gasteiger partial charge in [-0.15, -0.1) is 11.8 Å². The average molecular weight is 278 g/mol. The van der Waals surface area contributed by atoms with Crippen LogP contribution in [0.25, 0.3) is 0 Å². The lowest BCUT2D eigenvalue weighted by molar-refractivity contribution is -0.135. The second-order valence-corrected chi connectivity index (χ2v) is 5.19. The SMILES string of the molecule is CSc1ccc(C)c(C(=O)N2CC(=O)NC(=O)C2)c1. The Bertz CT molecular complexity index is 541. The number of aryl methyl sites for hydroxylation is 1. The molecule has 0 unspecified atom stereocenters. The van der Waals surface area contributed by atoms with Crippen LogP contribution in [-0.4, -0.2) is 42.0 Å². The Morgan fingerprint density at radius 3 is 2.47 bits per heavy atom. The van der Waals surface area contributed by atoms with E-state index in [4.69, 9.17) is 0 Å². The summed E-state index contributed by atoms with van der Waals surface area (Å²) >= 11 is 1.54. The summed E-state index contributed by atoms with van der Waals surface area (Å²) < 4.78 is 0. The first-order valence-electron chi connectivity index (χ1n) is 5.78. The summed E-state index contributed by atoms with van der Waals surface area (Å²) in [5.41, 5.74) is 1.37. The van der Waals surface area contributed by atoms with E-state index in [0.717, 1.165) is 10.5 Å². The van der Waals surface area contributed by atoms with Gasteiger partial charge in [0.2, 0.25) is 11.8 Å². The number of carbonyl (C=O) groups is 3. The van der Waals surface area contributed by atoms with Gasteiger partial charge >= 0.3 is 0 Å². The summed E-state index contributed by atoms with van der Waals surface area (Å²) in [5, 5.41) is 2.18. The van der Waals surface area contributed by atoms with Gasteiger partial charge in [-0.3, -0.25) is 19.7 Å². The Kier molecular flexibility index (Phi) is 3.90. The fourth-order valence-electron chi connectivity index (χ4n) is 1.91. The van der Waals surface area contributed by atoms with Gasteiger partial charge in [0.05, 0.1) is 0 Å². The summed E-state index contributed by atoms with van der Waals surface area (Å²) in [6.07, 6.45) is 1.93. The van der Waals surface area contributed by atoms with Crippen LogP contribution < -0.4 is 5.32 Å². The lowest BCUT2D eigenvalue weighted by Crippen LogP contribution is -2.53. The molecule has 3 amide bonds. The van der Waals surface area contributed by atoms with E-state index in [1.165, 1.54) is 16.7 Å². The van der Waals surface area contributed by atoms with Gasteiger partial charge < -0.3 is 4.90 Å². The minimum atomic E-state index is -0.441. The minimum absolute atomic E-state index is 0.0759. The minimum Gasteiger partial charge on any atom is -0.320 e. The third kappa shape index (κ3) is 2.96. The van der Waals surface area contributed by atoms with E-state index in [9.17, 15) is 14.4 Å². The van der Waals surface area contributed by atoms with Gasteiger partial charge in [0.25, 0.3) is 5.91 Å². The molecule has 0 radical (unpaired) electrons. The predicted octanol–water partition coefficient (Wildman–Crippen LogP) is 0.816. The van der Waals surface area contributed by atoms with Crippen molar-refractivity contribution < 1.29 is 14.4 Å². The molecule has 1 N–H and O–H groups in total. The molecule has 1 heterocycles. The molecule has 1 aliphatic rings. The van der Waals surface area contributed by atoms with Crippen LogP contribution in [0.3, 0.4) is 0 Å². The largest absolute Gasteiger partial charge is 0.320 e. The number of benzene rings is 1. The number of nitrogens with zero attached hydrogens (tertiary/aromatic N) is 1. The Balaban J connectivity index is 2.28. The highest BCUT2D eigenvalue weighted by Gasteiger charge is 2.27. The third-order valence-electron chi connectivity index (χ3n) is 2.91. The monoisotopic (exact) mass is 278 g/mol. The second-order valence-electron chi connectivity index (χ2n) is 4.31. The molecule has 0 aromatic heterocycles. The van der Waals surface area contributed by atoms with Gasteiger partial charge in [0, 0.05) is 10.5 Å². The summed E-state index contributed by atoms with van der Waals surface area (Å²) in [6.45, 7) is 1.68. The number of thioether (sulfide) groups is 1. The molecule has 100 valence electrons. The van der Waals surface area contributed by atoms with Crippen LogP contribution in [0.15, 0.2) is 23.1 Å². The van der Waals surface area contributed by atoms with Crippen molar-refractivity contribution in [1.82, 2.24) is 10.2 Å². The number of piperazine rings is 1. The highest BCUT2D eigenvalue weighted by atomic mass is 32.2. The van der Waals surface area contributed by atoms with Crippen molar-refractivity contribution in [2.24, 2.45) is 0 Å². The molecule has 1 aliphatic heterocycles. The van der Waals surface area contributed by atoms with Crippen molar-refractivity contribution in [2.75, 3.05) is 19.3 Å². The van der Waals surface area contributed by atoms with E-state index in [2.05, 4.69) is 5.32 Å². The van der Waals surface area contributed by atoms with Crippen molar-refractivity contribution >= 4 is 29.5 Å². The first-order valence-corrected chi connectivity index (χ1v) is 7.00. The maximum absolute atomic E-state index is 12.4. The van der Waals surface area contributed by atoms with Crippen molar-refractivity contribution in [3.05, 3.63) is 29.3 Å². The van der Waals surface area contributed by atoms with Crippen LogP contribution in [0.2, 0.25) is 0 Å². The number of carbonyl (C=O) groups excluding carboxylic acids is 3. The van der Waals surface area contributed by atoms with Gasteiger partial charge in [-0.1, -0.05) is 6.07 Å². The van der Waals surface area contributed by atoms with Gasteiger partial charge in [0.1, 0.15) is 13.1 Å². The summed E-state index contributed by atoms with van der Waals surface area (Å²) in [5.74, 6) is -1.16. The smallest absolute Gasteiger partial charge is 0.255 e. The van der Waals surface area contributed by atoms with Crippen LogP contribution >= 0.6 is 11.8 Å². The lowest BCUT2D eigenvalue weighted by Gasteiger charge is -2.26. The molecule has 1 fully saturated rings. The number of hydrogen-bond donors (Lipinski definition) is 1. The van der Waals surface area contributed by atoms with Crippen LogP contribution in [0, 0.1) is 6.92 Å². The van der Waals surface area contributed by atoms with Crippen LogP contribution in [0.1, 0.15) is 15.9 Å². The molecule has 0 saturated carbocycles. The molecule has 0 spiro atoms. The molecule has 1 saturated heterocycles. The fourth-order valence-corrected chi connectivity index (χ4v) is 2.35. The average Bonchev–Trinajstić information content (AvgIpc) is 2.37. The van der Waals surface area contributed by atoms with Gasteiger partial charge in [-0.05, 0) is 30.9 Å². The van der Waals surface area contributed by atoms with E-state index in [1.807, 2.05) is 25.3 Å². The summed E-state index contributed by atoms with van der Waals surface area (Å²) in [6, 6.07) is 5.59. The summed E-state index contributed by atoms with van der Waals surface area (Å²) in [7, 11) is 0. The van der Waals surface area contributed by atoms with Crippen LogP contribution in [-0.2, 0) is 9.59 Å². The van der Waals surface area contributed by atoms with E-state index in [0.29, 0.717) is 5.56 Å². The Labute approximate surface area is 115 Å². The maximum atomic E-state index is 12.4. The highest BCUT2D eigenvalue weighted by Crippen LogP contribution is 2.20. The number of imide groups is 1. The molecular weight excluding hydrogens is 264 g/mol. The zero-order chi connectivity index (χ0) is 14.0. The van der Waals surface area contributed by atoms with Crippen molar-refractivity contribution in [1.29, 1.82) is 0 Å². The molecule has 1 aromatic carbocycles. The number of nitrogens with one attached hydrogen (secondary N) is 1. The quantitative estimate of drug-likeness (QED) is 0.642. The second kappa shape index (κ2) is 5.44. The standard InChI is InChI=1S/C13H14N2O3S/c1-8-3-4-9(19-2)5-10(8)13(18)15-6-11(16)14-12(17)7-15/h3-5H,6-7H2,1-2H3,(H,14,16,17). The van der Waals surface area contributed by atoms with Crippen molar-refractivity contribution in [2.45, 2.75) is 11.8 Å². The first-order chi connectivity index (χ1) is 9.01. The molecule has 2 rings (SSSR count). The number of hydrogen-bond acceptors (Lipinski definition) is 4. The Morgan fingerprint density at radius 1 is 1.26 bits per heavy atom. The first kappa shape index (κ1) is 13.6. The molecule has 1 aromatic rings.